The highest BCUT2D eigenvalue weighted by atomic mass is 35.5. The molecule has 3 N–H and O–H groups in total. The third kappa shape index (κ3) is 4.29. The summed E-state index contributed by atoms with van der Waals surface area (Å²) >= 11 is 20.0. The van der Waals surface area contributed by atoms with Gasteiger partial charge in [0.1, 0.15) is 27.0 Å². The van der Waals surface area contributed by atoms with Gasteiger partial charge in [-0.3, -0.25) is 9.59 Å². The zero-order valence-corrected chi connectivity index (χ0v) is 21.4. The normalized spacial score (nSPS) is 45.0. The number of fused-ring (bicyclic) bond motifs is 5. The van der Waals surface area contributed by atoms with Crippen LogP contribution < -0.4 is 0 Å². The summed E-state index contributed by atoms with van der Waals surface area (Å²) in [5, 5.41) is 30.6. The molecule has 0 saturated heterocycles. The van der Waals surface area contributed by atoms with Crippen LogP contribution in [0.1, 0.15) is 65.2 Å². The zero-order valence-electron chi connectivity index (χ0n) is 18.4. The first-order valence-corrected chi connectivity index (χ1v) is 12.8. The quantitative estimate of drug-likeness (QED) is 0.471. The summed E-state index contributed by atoms with van der Waals surface area (Å²) in [5.74, 6) is 0.380. The Morgan fingerprint density at radius 3 is 2.22 bits per heavy atom. The number of hydrogen-bond acceptors (Lipinski definition) is 5. The first kappa shape index (κ1) is 26.7. The van der Waals surface area contributed by atoms with Gasteiger partial charge < -0.3 is 15.3 Å². The van der Waals surface area contributed by atoms with Crippen LogP contribution in [-0.4, -0.2) is 45.2 Å². The monoisotopic (exact) mass is 528 g/mol. The lowest BCUT2D eigenvalue weighted by Gasteiger charge is -2.60. The molecule has 0 aromatic heterocycles. The van der Waals surface area contributed by atoms with E-state index >= 15 is 0 Å². The number of carbonyl (C=O) groups excluding carboxylic acids is 2. The largest absolute Gasteiger partial charge is 0.393 e. The topological polar surface area (TPSA) is 94.8 Å². The second kappa shape index (κ2) is 9.64. The van der Waals surface area contributed by atoms with E-state index in [0.29, 0.717) is 12.3 Å². The predicted octanol–water partition coefficient (Wildman–Crippen LogP) is 4.93. The fourth-order valence-electron chi connectivity index (χ4n) is 7.64. The molecule has 4 aliphatic carbocycles. The molecule has 182 valence electrons. The number of carbonyl (C=O) groups is 2. The Morgan fingerprint density at radius 2 is 1.66 bits per heavy atom. The highest BCUT2D eigenvalue weighted by Crippen LogP contribution is 2.67. The maximum atomic E-state index is 13.4. The zero-order chi connectivity index (χ0) is 24.1. The number of hydrogen-bond donors (Lipinski definition) is 3. The van der Waals surface area contributed by atoms with Crippen molar-refractivity contribution >= 4 is 58.0 Å². The summed E-state index contributed by atoms with van der Waals surface area (Å²) in [6.07, 6.45) is 5.47. The lowest BCUT2D eigenvalue weighted by molar-refractivity contribution is -0.180. The average Bonchev–Trinajstić information content (AvgIpc) is 2.99. The Hall–Kier alpha value is 0.120. The summed E-state index contributed by atoms with van der Waals surface area (Å²) in [5.41, 5.74) is -2.40. The summed E-state index contributed by atoms with van der Waals surface area (Å²) in [6, 6.07) is 0. The first-order valence-electron chi connectivity index (χ1n) is 11.3. The van der Waals surface area contributed by atoms with Crippen molar-refractivity contribution < 1.29 is 24.9 Å². The van der Waals surface area contributed by atoms with Crippen LogP contribution in [0.15, 0.2) is 8.98 Å². The lowest BCUT2D eigenvalue weighted by Crippen LogP contribution is -2.62. The minimum absolute atomic E-state index is 0.0154. The minimum Gasteiger partial charge on any atom is -0.393 e. The summed E-state index contributed by atoms with van der Waals surface area (Å²) in [4.78, 5) is 25.7. The molecule has 8 atom stereocenters. The Labute approximate surface area is 209 Å². The SMILES string of the molecule is C[C@]12CC[C@@H](O)C[C@H]1CC[C@@H]1[C@@H]2C(=O)C[C@@]2(C)[C@H]1CC[C@]2(O)C(=O)CO.ClC(Cl)=C(Cl)Cl. The van der Waals surface area contributed by atoms with E-state index in [4.69, 9.17) is 46.4 Å². The van der Waals surface area contributed by atoms with Gasteiger partial charge in [-0.15, -0.1) is 0 Å². The van der Waals surface area contributed by atoms with Gasteiger partial charge in [0.25, 0.3) is 0 Å². The minimum atomic E-state index is -1.58. The van der Waals surface area contributed by atoms with Gasteiger partial charge in [0.15, 0.2) is 5.78 Å². The molecule has 0 bridgehead atoms. The Morgan fingerprint density at radius 1 is 1.03 bits per heavy atom. The van der Waals surface area contributed by atoms with E-state index in [-0.39, 0.29) is 50.5 Å². The molecule has 4 rings (SSSR count). The third-order valence-electron chi connectivity index (χ3n) is 9.23. The van der Waals surface area contributed by atoms with Crippen LogP contribution in [0, 0.1) is 34.5 Å². The maximum absolute atomic E-state index is 13.4. The van der Waals surface area contributed by atoms with Crippen LogP contribution >= 0.6 is 46.4 Å². The van der Waals surface area contributed by atoms with Gasteiger partial charge in [0.2, 0.25) is 0 Å². The number of Topliss-reactive ketones (excluding diaryl/α,β-unsaturated/α-hetero) is 2. The average molecular weight is 530 g/mol. The molecule has 0 aromatic carbocycles. The maximum Gasteiger partial charge on any atom is 0.190 e. The molecule has 4 aliphatic rings. The van der Waals surface area contributed by atoms with Crippen LogP contribution in [0.4, 0.5) is 0 Å². The van der Waals surface area contributed by atoms with E-state index in [0.717, 1.165) is 38.5 Å². The fraction of sp³-hybridized carbons (Fsp3) is 0.826. The number of ketones is 2. The molecular formula is C23H32Cl4O5. The fourth-order valence-corrected chi connectivity index (χ4v) is 7.64. The second-order valence-corrected chi connectivity index (χ2v) is 12.4. The van der Waals surface area contributed by atoms with Gasteiger partial charge in [0, 0.05) is 17.8 Å². The summed E-state index contributed by atoms with van der Waals surface area (Å²) in [6.45, 7) is 3.46. The highest BCUT2D eigenvalue weighted by molar-refractivity contribution is 6.67. The standard InChI is InChI=1S/C21H32O5.C2Cl4/c1-19-7-5-13(23)9-12(19)3-4-14-15-6-8-21(26,17(25)11-22)20(15,2)10-16(24)18(14)19;3-1(4)2(5)6/h12-15,18,22-23,26H,3-11H2,1-2H3;/t12-,13-,14+,15+,18-,19+,20+,21+;/m1./s1. The van der Waals surface area contributed by atoms with Gasteiger partial charge in [0.05, 0.1) is 6.10 Å². The highest BCUT2D eigenvalue weighted by Gasteiger charge is 2.68. The third-order valence-corrected chi connectivity index (χ3v) is 10.4. The number of aliphatic hydroxyl groups is 3. The van der Waals surface area contributed by atoms with Crippen LogP contribution in [0.5, 0.6) is 0 Å². The number of aliphatic hydroxyl groups excluding tert-OH is 2. The molecule has 0 unspecified atom stereocenters. The van der Waals surface area contributed by atoms with Crippen molar-refractivity contribution in [2.24, 2.45) is 34.5 Å². The molecule has 4 fully saturated rings. The van der Waals surface area contributed by atoms with Crippen LogP contribution in [0.3, 0.4) is 0 Å². The van der Waals surface area contributed by atoms with Gasteiger partial charge in [-0.05, 0) is 68.1 Å². The van der Waals surface area contributed by atoms with Crippen molar-refractivity contribution in [1.29, 1.82) is 0 Å². The van der Waals surface area contributed by atoms with Crippen LogP contribution in [0.2, 0.25) is 0 Å². The Balaban J connectivity index is 0.000000427. The van der Waals surface area contributed by atoms with Crippen molar-refractivity contribution in [3.8, 4) is 0 Å². The molecule has 0 radical (unpaired) electrons. The molecular weight excluding hydrogens is 498 g/mol. The molecule has 32 heavy (non-hydrogen) atoms. The molecule has 0 aromatic rings. The van der Waals surface area contributed by atoms with E-state index in [1.807, 2.05) is 6.92 Å². The van der Waals surface area contributed by atoms with Gasteiger partial charge in [-0.2, -0.15) is 0 Å². The Bertz CT molecular complexity index is 785. The summed E-state index contributed by atoms with van der Waals surface area (Å²) < 4.78 is -0.198. The van der Waals surface area contributed by atoms with Gasteiger partial charge in [-0.25, -0.2) is 0 Å². The van der Waals surface area contributed by atoms with E-state index in [1.165, 1.54) is 0 Å². The first-order chi connectivity index (χ1) is 14.8. The predicted molar refractivity (Wildman–Crippen MR) is 126 cm³/mol. The van der Waals surface area contributed by atoms with Gasteiger partial charge in [-0.1, -0.05) is 60.3 Å². The van der Waals surface area contributed by atoms with Crippen LogP contribution in [-0.2, 0) is 9.59 Å². The van der Waals surface area contributed by atoms with Gasteiger partial charge >= 0.3 is 0 Å². The van der Waals surface area contributed by atoms with Crippen molar-refractivity contribution in [2.75, 3.05) is 6.61 Å². The number of halogens is 4. The Kier molecular flexibility index (Phi) is 8.05. The molecule has 4 saturated carbocycles. The molecule has 0 spiro atoms. The van der Waals surface area contributed by atoms with E-state index in [1.54, 1.807) is 0 Å². The van der Waals surface area contributed by atoms with Crippen LogP contribution in [0.25, 0.3) is 0 Å². The summed E-state index contributed by atoms with van der Waals surface area (Å²) in [7, 11) is 0. The van der Waals surface area contributed by atoms with E-state index in [9.17, 15) is 24.9 Å². The second-order valence-electron chi connectivity index (χ2n) is 10.5. The molecule has 0 amide bonds. The molecule has 9 heteroatoms. The van der Waals surface area contributed by atoms with Crippen molar-refractivity contribution in [2.45, 2.75) is 76.9 Å². The number of rotatable bonds is 2. The smallest absolute Gasteiger partial charge is 0.190 e. The van der Waals surface area contributed by atoms with E-state index < -0.39 is 23.4 Å². The van der Waals surface area contributed by atoms with Crippen molar-refractivity contribution in [3.05, 3.63) is 8.98 Å². The van der Waals surface area contributed by atoms with E-state index in [2.05, 4.69) is 6.92 Å². The molecule has 0 heterocycles. The van der Waals surface area contributed by atoms with Crippen molar-refractivity contribution in [1.82, 2.24) is 0 Å². The van der Waals surface area contributed by atoms with Crippen molar-refractivity contribution in [3.63, 3.8) is 0 Å². The molecule has 5 nitrogen and oxygen atoms in total. The molecule has 0 aliphatic heterocycles. The lowest BCUT2D eigenvalue weighted by atomic mass is 9.44.